The number of furan rings is 1. The Morgan fingerprint density at radius 2 is 2.33 bits per heavy atom. The number of rotatable bonds is 2. The molecule has 2 N–H and O–H groups in total. The highest BCUT2D eigenvalue weighted by atomic mass is 16.3. The molecule has 3 aromatic rings. The van der Waals surface area contributed by atoms with Gasteiger partial charge in [0.05, 0.1) is 17.5 Å². The summed E-state index contributed by atoms with van der Waals surface area (Å²) in [7, 11) is 0. The van der Waals surface area contributed by atoms with Gasteiger partial charge in [-0.05, 0) is 37.0 Å². The number of fused-ring (bicyclic) bond motifs is 1. The van der Waals surface area contributed by atoms with Crippen molar-refractivity contribution in [1.29, 1.82) is 0 Å². The normalized spacial score (nSPS) is 18.2. The average molecular weight is 325 g/mol. The summed E-state index contributed by atoms with van der Waals surface area (Å²) in [6.07, 6.45) is 5.46. The molecule has 1 saturated heterocycles. The van der Waals surface area contributed by atoms with Gasteiger partial charge in [-0.2, -0.15) is 0 Å². The van der Waals surface area contributed by atoms with Crippen molar-refractivity contribution in [2.24, 2.45) is 5.92 Å². The summed E-state index contributed by atoms with van der Waals surface area (Å²) < 4.78 is 6.87. The van der Waals surface area contributed by atoms with Crippen LogP contribution in [0.4, 0.5) is 5.69 Å². The minimum absolute atomic E-state index is 0.00908. The minimum Gasteiger partial charge on any atom is -0.461 e. The highest BCUT2D eigenvalue weighted by Gasteiger charge is 2.23. The molecule has 1 unspecified atom stereocenters. The van der Waals surface area contributed by atoms with Gasteiger partial charge in [0.2, 0.25) is 5.82 Å². The number of aromatic nitrogens is 3. The quantitative estimate of drug-likeness (QED) is 0.781. The third-order valence-electron chi connectivity index (χ3n) is 4.39. The van der Waals surface area contributed by atoms with Crippen LogP contribution in [-0.4, -0.2) is 38.5 Å². The molecule has 0 radical (unpaired) electrons. The fourth-order valence-corrected chi connectivity index (χ4v) is 3.19. The Morgan fingerprint density at radius 3 is 3.08 bits per heavy atom. The van der Waals surface area contributed by atoms with E-state index in [9.17, 15) is 4.79 Å². The molecule has 0 bridgehead atoms. The molecule has 0 aromatic carbocycles. The van der Waals surface area contributed by atoms with Crippen LogP contribution in [0.2, 0.25) is 0 Å². The Labute approximate surface area is 139 Å². The number of pyridine rings is 1. The van der Waals surface area contributed by atoms with Crippen LogP contribution in [0.1, 0.15) is 30.1 Å². The van der Waals surface area contributed by atoms with Gasteiger partial charge in [-0.3, -0.25) is 4.79 Å². The number of nitrogens with zero attached hydrogens (tertiary/aromatic N) is 4. The highest BCUT2D eigenvalue weighted by Crippen LogP contribution is 2.23. The van der Waals surface area contributed by atoms with E-state index < -0.39 is 0 Å². The van der Waals surface area contributed by atoms with Crippen LogP contribution in [0.25, 0.3) is 17.2 Å². The van der Waals surface area contributed by atoms with Crippen LogP contribution < -0.4 is 5.73 Å². The first kappa shape index (κ1) is 14.7. The van der Waals surface area contributed by atoms with Crippen LogP contribution >= 0.6 is 0 Å². The SMILES string of the molecule is CC1CCCN(C(=O)c2cc(N)c3nc(-c4ccco4)nn3c2)C1. The largest absolute Gasteiger partial charge is 0.461 e. The molecule has 3 aromatic heterocycles. The zero-order chi connectivity index (χ0) is 16.7. The number of hydrogen-bond donors (Lipinski definition) is 1. The van der Waals surface area contributed by atoms with Crippen LogP contribution in [0.3, 0.4) is 0 Å². The summed E-state index contributed by atoms with van der Waals surface area (Å²) in [5.41, 5.74) is 7.57. The fraction of sp³-hybridized carbons (Fsp3) is 0.353. The predicted molar refractivity (Wildman–Crippen MR) is 89.4 cm³/mol. The van der Waals surface area contributed by atoms with Crippen LogP contribution in [0, 0.1) is 5.92 Å². The Balaban J connectivity index is 1.70. The van der Waals surface area contributed by atoms with Crippen molar-refractivity contribution in [2.45, 2.75) is 19.8 Å². The van der Waals surface area contributed by atoms with Crippen molar-refractivity contribution >= 4 is 17.2 Å². The van der Waals surface area contributed by atoms with Crippen LogP contribution in [0.15, 0.2) is 35.1 Å². The van der Waals surface area contributed by atoms with Gasteiger partial charge in [-0.15, -0.1) is 5.10 Å². The molecule has 0 saturated carbocycles. The summed E-state index contributed by atoms with van der Waals surface area (Å²) in [4.78, 5) is 19.0. The lowest BCUT2D eigenvalue weighted by Gasteiger charge is -2.31. The van der Waals surface area contributed by atoms with Crippen molar-refractivity contribution in [3.8, 4) is 11.6 Å². The first-order valence-electron chi connectivity index (χ1n) is 8.11. The second kappa shape index (κ2) is 5.67. The van der Waals surface area contributed by atoms with Crippen LogP contribution in [-0.2, 0) is 0 Å². The number of carbonyl (C=O) groups is 1. The highest BCUT2D eigenvalue weighted by molar-refractivity contribution is 5.95. The van der Waals surface area contributed by atoms with Gasteiger partial charge in [0, 0.05) is 19.3 Å². The molecule has 1 aliphatic heterocycles. The number of amides is 1. The summed E-state index contributed by atoms with van der Waals surface area (Å²) in [6.45, 7) is 3.74. The monoisotopic (exact) mass is 325 g/mol. The van der Waals surface area contributed by atoms with Crippen molar-refractivity contribution in [3.63, 3.8) is 0 Å². The third-order valence-corrected chi connectivity index (χ3v) is 4.39. The molecule has 24 heavy (non-hydrogen) atoms. The summed E-state index contributed by atoms with van der Waals surface area (Å²) in [5, 5.41) is 4.38. The lowest BCUT2D eigenvalue weighted by atomic mass is 10.00. The maximum atomic E-state index is 12.8. The molecule has 7 heteroatoms. The lowest BCUT2D eigenvalue weighted by molar-refractivity contribution is 0.0682. The van der Waals surface area contributed by atoms with E-state index in [1.807, 2.05) is 4.90 Å². The lowest BCUT2D eigenvalue weighted by Crippen LogP contribution is -2.39. The van der Waals surface area contributed by atoms with E-state index in [0.717, 1.165) is 19.5 Å². The molecule has 1 aliphatic rings. The van der Waals surface area contributed by atoms with Gasteiger partial charge >= 0.3 is 0 Å². The molecular formula is C17H19N5O2. The van der Waals surface area contributed by atoms with Gasteiger partial charge in [0.25, 0.3) is 5.91 Å². The first-order valence-corrected chi connectivity index (χ1v) is 8.11. The third kappa shape index (κ3) is 2.51. The number of hydrogen-bond acceptors (Lipinski definition) is 5. The Bertz CT molecular complexity index is 884. The van der Waals surface area contributed by atoms with E-state index in [0.29, 0.717) is 34.4 Å². The molecule has 0 spiro atoms. The predicted octanol–water partition coefficient (Wildman–Crippen LogP) is 2.44. The summed E-state index contributed by atoms with van der Waals surface area (Å²) in [5.74, 6) is 1.53. The van der Waals surface area contributed by atoms with Gasteiger partial charge < -0.3 is 15.1 Å². The van der Waals surface area contributed by atoms with Crippen molar-refractivity contribution in [2.75, 3.05) is 18.8 Å². The van der Waals surface area contributed by atoms with Gasteiger partial charge in [0.15, 0.2) is 11.4 Å². The molecule has 1 atom stereocenters. The maximum Gasteiger partial charge on any atom is 0.255 e. The van der Waals surface area contributed by atoms with E-state index in [4.69, 9.17) is 10.2 Å². The van der Waals surface area contributed by atoms with Crippen molar-refractivity contribution in [3.05, 3.63) is 36.2 Å². The standard InChI is InChI=1S/C17H19N5O2/c1-11-4-2-6-21(9-11)17(23)12-8-13(18)16-19-15(20-22(16)10-12)14-5-3-7-24-14/h3,5,7-8,10-11H,2,4,6,9,18H2,1H3. The molecule has 7 nitrogen and oxygen atoms in total. The van der Waals surface area contributed by atoms with Gasteiger partial charge in [-0.25, -0.2) is 9.50 Å². The first-order chi connectivity index (χ1) is 11.6. The summed E-state index contributed by atoms with van der Waals surface area (Å²) in [6, 6.07) is 5.24. The van der Waals surface area contributed by atoms with Gasteiger partial charge in [0.1, 0.15) is 0 Å². The topological polar surface area (TPSA) is 89.7 Å². The second-order valence-corrected chi connectivity index (χ2v) is 6.36. The van der Waals surface area contributed by atoms with E-state index in [2.05, 4.69) is 17.0 Å². The van der Waals surface area contributed by atoms with E-state index in [1.54, 1.807) is 35.2 Å². The van der Waals surface area contributed by atoms with E-state index in [1.165, 1.54) is 6.42 Å². The van der Waals surface area contributed by atoms with E-state index >= 15 is 0 Å². The number of nitrogen functional groups attached to an aromatic ring is 1. The average Bonchev–Trinajstić information content (AvgIpc) is 3.23. The Hall–Kier alpha value is -2.83. The zero-order valence-electron chi connectivity index (χ0n) is 13.5. The summed E-state index contributed by atoms with van der Waals surface area (Å²) >= 11 is 0. The molecule has 124 valence electrons. The number of nitrogens with two attached hydrogens (primary N) is 1. The maximum absolute atomic E-state index is 12.8. The molecule has 1 amide bonds. The zero-order valence-corrected chi connectivity index (χ0v) is 13.5. The van der Waals surface area contributed by atoms with Crippen LogP contribution in [0.5, 0.6) is 0 Å². The number of anilines is 1. The fourth-order valence-electron chi connectivity index (χ4n) is 3.19. The Kier molecular flexibility index (Phi) is 3.48. The molecule has 0 aliphatic carbocycles. The number of likely N-dealkylation sites (tertiary alicyclic amines) is 1. The molecular weight excluding hydrogens is 306 g/mol. The molecule has 4 rings (SSSR count). The second-order valence-electron chi connectivity index (χ2n) is 6.36. The van der Waals surface area contributed by atoms with Crippen molar-refractivity contribution in [1.82, 2.24) is 19.5 Å². The Morgan fingerprint density at radius 1 is 1.46 bits per heavy atom. The molecule has 1 fully saturated rings. The van der Waals surface area contributed by atoms with Gasteiger partial charge in [-0.1, -0.05) is 6.92 Å². The minimum atomic E-state index is -0.00908. The molecule has 4 heterocycles. The smallest absolute Gasteiger partial charge is 0.255 e. The van der Waals surface area contributed by atoms with Crippen molar-refractivity contribution < 1.29 is 9.21 Å². The van der Waals surface area contributed by atoms with E-state index in [-0.39, 0.29) is 5.91 Å². The number of carbonyl (C=O) groups excluding carboxylic acids is 1. The number of piperidine rings is 1.